The number of hydrogen-bond donors (Lipinski definition) is 0. The van der Waals surface area contributed by atoms with Crippen molar-refractivity contribution in [2.24, 2.45) is 0 Å². The number of hydrogen-bond acceptors (Lipinski definition) is 2. The maximum Gasteiger partial charge on any atom is 0.311 e. The van der Waals surface area contributed by atoms with Gasteiger partial charge in [-0.2, -0.15) is 0 Å². The van der Waals surface area contributed by atoms with Crippen molar-refractivity contribution in [2.75, 3.05) is 0 Å². The Kier molecular flexibility index (Phi) is 3.92. The summed E-state index contributed by atoms with van der Waals surface area (Å²) in [5.74, 6) is 0.392. The molecule has 2 nitrogen and oxygen atoms in total. The zero-order valence-electron chi connectivity index (χ0n) is 9.43. The summed E-state index contributed by atoms with van der Waals surface area (Å²) in [4.78, 5) is 11.6. The second-order valence-corrected chi connectivity index (χ2v) is 3.70. The third-order valence-electron chi connectivity index (χ3n) is 2.38. The highest BCUT2D eigenvalue weighted by Crippen LogP contribution is 2.10. The molecule has 0 heterocycles. The summed E-state index contributed by atoms with van der Waals surface area (Å²) >= 11 is 0. The standard InChI is InChI=1S/C15H13O2/c16-15(17-14-9-5-2-6-10-14)12-11-13-7-3-1-4-8-13/h2-10H,11-12H2. The maximum atomic E-state index is 11.6. The van der Waals surface area contributed by atoms with Crippen LogP contribution in [0.5, 0.6) is 5.75 Å². The molecular weight excluding hydrogens is 212 g/mol. The first-order valence-electron chi connectivity index (χ1n) is 5.55. The van der Waals surface area contributed by atoms with Gasteiger partial charge in [0.15, 0.2) is 0 Å². The van der Waals surface area contributed by atoms with Crippen LogP contribution in [0.3, 0.4) is 0 Å². The summed E-state index contributed by atoms with van der Waals surface area (Å²) in [6.45, 7) is 0. The summed E-state index contributed by atoms with van der Waals surface area (Å²) in [6.07, 6.45) is 1.08. The van der Waals surface area contributed by atoms with Crippen molar-refractivity contribution in [3.63, 3.8) is 0 Å². The van der Waals surface area contributed by atoms with Crippen molar-refractivity contribution in [1.29, 1.82) is 0 Å². The molecule has 0 bridgehead atoms. The average molecular weight is 225 g/mol. The van der Waals surface area contributed by atoms with Crippen LogP contribution in [0.2, 0.25) is 0 Å². The summed E-state index contributed by atoms with van der Waals surface area (Å²) in [7, 11) is 0. The zero-order valence-corrected chi connectivity index (χ0v) is 9.43. The van der Waals surface area contributed by atoms with Crippen LogP contribution in [0.1, 0.15) is 12.0 Å². The van der Waals surface area contributed by atoms with Crippen LogP contribution < -0.4 is 4.74 Å². The van der Waals surface area contributed by atoms with E-state index in [4.69, 9.17) is 4.74 Å². The van der Waals surface area contributed by atoms with Crippen LogP contribution in [0.15, 0.2) is 54.6 Å². The minimum Gasteiger partial charge on any atom is -0.427 e. The number of aryl methyl sites for hydroxylation is 1. The van der Waals surface area contributed by atoms with Crippen molar-refractivity contribution < 1.29 is 9.53 Å². The van der Waals surface area contributed by atoms with E-state index < -0.39 is 0 Å². The van der Waals surface area contributed by atoms with Crippen molar-refractivity contribution in [3.8, 4) is 5.75 Å². The minimum atomic E-state index is -0.205. The van der Waals surface area contributed by atoms with Gasteiger partial charge < -0.3 is 4.74 Å². The number of carbonyl (C=O) groups excluding carboxylic acids is 1. The Morgan fingerprint density at radius 1 is 1.06 bits per heavy atom. The lowest BCUT2D eigenvalue weighted by atomic mass is 10.1. The summed E-state index contributed by atoms with van der Waals surface area (Å²) in [5.41, 5.74) is 1.12. The van der Waals surface area contributed by atoms with Crippen molar-refractivity contribution in [1.82, 2.24) is 0 Å². The third-order valence-corrected chi connectivity index (χ3v) is 2.38. The molecule has 0 aromatic heterocycles. The predicted molar refractivity (Wildman–Crippen MR) is 65.7 cm³/mol. The Hall–Kier alpha value is -2.09. The highest BCUT2D eigenvalue weighted by Gasteiger charge is 2.04. The fraction of sp³-hybridized carbons (Fsp3) is 0.133. The number of rotatable bonds is 4. The quantitative estimate of drug-likeness (QED) is 0.590. The second-order valence-electron chi connectivity index (χ2n) is 3.70. The Balaban J connectivity index is 1.83. The van der Waals surface area contributed by atoms with Crippen LogP contribution in [-0.4, -0.2) is 5.97 Å². The van der Waals surface area contributed by atoms with E-state index in [9.17, 15) is 4.79 Å². The molecule has 0 unspecified atom stereocenters. The van der Waals surface area contributed by atoms with Gasteiger partial charge in [-0.15, -0.1) is 0 Å². The molecule has 1 radical (unpaired) electrons. The Labute approximate surface area is 101 Å². The molecule has 0 saturated carbocycles. The van der Waals surface area contributed by atoms with E-state index in [1.165, 1.54) is 0 Å². The molecule has 2 aromatic carbocycles. The second kappa shape index (κ2) is 5.85. The Morgan fingerprint density at radius 3 is 2.47 bits per heavy atom. The number of ether oxygens (including phenoxy) is 1. The molecule has 85 valence electrons. The first-order valence-corrected chi connectivity index (χ1v) is 5.55. The lowest BCUT2D eigenvalue weighted by Crippen LogP contribution is -2.08. The fourth-order valence-electron chi connectivity index (χ4n) is 1.51. The van der Waals surface area contributed by atoms with Crippen molar-refractivity contribution >= 4 is 5.97 Å². The maximum absolute atomic E-state index is 11.6. The predicted octanol–water partition coefficient (Wildman–Crippen LogP) is 3.02. The molecule has 0 atom stereocenters. The number of esters is 1. The van der Waals surface area contributed by atoms with E-state index in [0.717, 1.165) is 5.56 Å². The SMILES string of the molecule is O=C(CCc1cc[c]cc1)Oc1ccccc1. The van der Waals surface area contributed by atoms with Gasteiger partial charge in [0.1, 0.15) is 5.75 Å². The average Bonchev–Trinajstić information content (AvgIpc) is 2.39. The van der Waals surface area contributed by atoms with E-state index in [1.807, 2.05) is 42.5 Å². The molecule has 0 fully saturated rings. The van der Waals surface area contributed by atoms with E-state index in [2.05, 4.69) is 6.07 Å². The van der Waals surface area contributed by atoms with E-state index in [-0.39, 0.29) is 5.97 Å². The lowest BCUT2D eigenvalue weighted by molar-refractivity contribution is -0.134. The summed E-state index contributed by atoms with van der Waals surface area (Å²) < 4.78 is 5.19. The molecule has 2 aromatic rings. The Bertz CT molecular complexity index is 463. The fourth-order valence-corrected chi connectivity index (χ4v) is 1.51. The number of benzene rings is 2. The molecule has 0 spiro atoms. The molecule has 2 rings (SSSR count). The molecule has 0 N–H and O–H groups in total. The van der Waals surface area contributed by atoms with Gasteiger partial charge in [0.2, 0.25) is 0 Å². The van der Waals surface area contributed by atoms with Crippen molar-refractivity contribution in [2.45, 2.75) is 12.8 Å². The van der Waals surface area contributed by atoms with Gasteiger partial charge in [-0.1, -0.05) is 42.5 Å². The van der Waals surface area contributed by atoms with Gasteiger partial charge in [-0.25, -0.2) is 0 Å². The van der Waals surface area contributed by atoms with Crippen LogP contribution in [-0.2, 0) is 11.2 Å². The molecule has 0 amide bonds. The van der Waals surface area contributed by atoms with Crippen LogP contribution in [0.25, 0.3) is 0 Å². The highest BCUT2D eigenvalue weighted by molar-refractivity contribution is 5.72. The summed E-state index contributed by atoms with van der Waals surface area (Å²) in [5, 5.41) is 0. The molecular formula is C15H13O2. The van der Waals surface area contributed by atoms with E-state index in [0.29, 0.717) is 18.6 Å². The number of para-hydroxylation sites is 1. The first kappa shape index (κ1) is 11.4. The first-order chi connectivity index (χ1) is 8.34. The zero-order chi connectivity index (χ0) is 11.9. The lowest BCUT2D eigenvalue weighted by Gasteiger charge is -2.03. The topological polar surface area (TPSA) is 26.3 Å². The van der Waals surface area contributed by atoms with Crippen molar-refractivity contribution in [3.05, 3.63) is 66.2 Å². The smallest absolute Gasteiger partial charge is 0.311 e. The molecule has 0 aliphatic heterocycles. The summed E-state index contributed by atoms with van der Waals surface area (Å²) in [6, 6.07) is 19.7. The molecule has 0 aliphatic carbocycles. The van der Waals surface area contributed by atoms with Crippen LogP contribution >= 0.6 is 0 Å². The molecule has 0 saturated heterocycles. The van der Waals surface area contributed by atoms with Gasteiger partial charge in [0.25, 0.3) is 0 Å². The van der Waals surface area contributed by atoms with Gasteiger partial charge in [0.05, 0.1) is 0 Å². The Morgan fingerprint density at radius 2 is 1.76 bits per heavy atom. The van der Waals surface area contributed by atoms with Gasteiger partial charge in [-0.05, 0) is 30.2 Å². The van der Waals surface area contributed by atoms with Crippen LogP contribution in [0.4, 0.5) is 0 Å². The third kappa shape index (κ3) is 3.76. The number of carbonyl (C=O) groups is 1. The van der Waals surface area contributed by atoms with Gasteiger partial charge >= 0.3 is 5.97 Å². The van der Waals surface area contributed by atoms with Crippen LogP contribution in [0, 0.1) is 6.07 Å². The normalized spacial score (nSPS) is 9.88. The molecule has 17 heavy (non-hydrogen) atoms. The van der Waals surface area contributed by atoms with E-state index >= 15 is 0 Å². The largest absolute Gasteiger partial charge is 0.427 e. The molecule has 0 aliphatic rings. The van der Waals surface area contributed by atoms with Gasteiger partial charge in [-0.3, -0.25) is 4.79 Å². The highest BCUT2D eigenvalue weighted by atomic mass is 16.5. The van der Waals surface area contributed by atoms with E-state index in [1.54, 1.807) is 12.1 Å². The monoisotopic (exact) mass is 225 g/mol. The van der Waals surface area contributed by atoms with Gasteiger partial charge in [0, 0.05) is 6.42 Å². The molecule has 2 heteroatoms. The minimum absolute atomic E-state index is 0.205.